The molecule has 0 aliphatic rings. The van der Waals surface area contributed by atoms with E-state index in [-0.39, 0.29) is 0 Å². The molecule has 0 saturated carbocycles. The Hall–Kier alpha value is -0.300. The fourth-order valence-corrected chi connectivity index (χ4v) is 2.44. The SMILES string of the molecule is CCCC(CBr)Cc1ccc(CC)cc1. The molecule has 1 aromatic carbocycles. The van der Waals surface area contributed by atoms with E-state index in [1.165, 1.54) is 30.4 Å². The number of hydrogen-bond donors (Lipinski definition) is 0. The van der Waals surface area contributed by atoms with Gasteiger partial charge in [0.1, 0.15) is 0 Å². The van der Waals surface area contributed by atoms with Crippen LogP contribution in [0.25, 0.3) is 0 Å². The molecule has 0 fully saturated rings. The molecular formula is C14H21Br. The molecule has 15 heavy (non-hydrogen) atoms. The Morgan fingerprint density at radius 3 is 2.13 bits per heavy atom. The predicted octanol–water partition coefficient (Wildman–Crippen LogP) is 4.60. The summed E-state index contributed by atoms with van der Waals surface area (Å²) < 4.78 is 0. The van der Waals surface area contributed by atoms with Crippen molar-refractivity contribution in [2.45, 2.75) is 39.5 Å². The maximum Gasteiger partial charge on any atom is 0.00628 e. The van der Waals surface area contributed by atoms with Crippen molar-refractivity contribution in [3.05, 3.63) is 35.4 Å². The molecule has 0 aliphatic heterocycles. The second-order valence-corrected chi connectivity index (χ2v) is 4.83. The van der Waals surface area contributed by atoms with Gasteiger partial charge in [0.05, 0.1) is 0 Å². The minimum Gasteiger partial charge on any atom is -0.0925 e. The van der Waals surface area contributed by atoms with Crippen LogP contribution >= 0.6 is 15.9 Å². The standard InChI is InChI=1S/C14H21Br/c1-3-5-14(11-15)10-13-8-6-12(4-2)7-9-13/h6-9,14H,3-5,10-11H2,1-2H3. The Morgan fingerprint density at radius 1 is 1.07 bits per heavy atom. The predicted molar refractivity (Wildman–Crippen MR) is 71.7 cm³/mol. The van der Waals surface area contributed by atoms with E-state index in [1.54, 1.807) is 0 Å². The van der Waals surface area contributed by atoms with Gasteiger partial charge in [0.15, 0.2) is 0 Å². The molecule has 0 spiro atoms. The molecule has 84 valence electrons. The third kappa shape index (κ3) is 4.38. The molecule has 0 nitrogen and oxygen atoms in total. The summed E-state index contributed by atoms with van der Waals surface area (Å²) >= 11 is 3.60. The molecule has 1 unspecified atom stereocenters. The first-order valence-electron chi connectivity index (χ1n) is 5.93. The summed E-state index contributed by atoms with van der Waals surface area (Å²) in [7, 11) is 0. The fraction of sp³-hybridized carbons (Fsp3) is 0.571. The highest BCUT2D eigenvalue weighted by molar-refractivity contribution is 9.09. The Kier molecular flexibility index (Phi) is 6.00. The molecule has 1 aromatic rings. The van der Waals surface area contributed by atoms with Crippen molar-refractivity contribution in [2.75, 3.05) is 5.33 Å². The summed E-state index contributed by atoms with van der Waals surface area (Å²) in [5.41, 5.74) is 2.91. The Balaban J connectivity index is 2.55. The van der Waals surface area contributed by atoms with E-state index < -0.39 is 0 Å². The topological polar surface area (TPSA) is 0 Å². The van der Waals surface area contributed by atoms with Gasteiger partial charge in [-0.25, -0.2) is 0 Å². The third-order valence-electron chi connectivity index (χ3n) is 2.87. The van der Waals surface area contributed by atoms with Gasteiger partial charge in [0, 0.05) is 5.33 Å². The molecule has 0 bridgehead atoms. The zero-order valence-electron chi connectivity index (χ0n) is 9.80. The molecule has 0 heterocycles. The number of halogens is 1. The van der Waals surface area contributed by atoms with Gasteiger partial charge in [-0.3, -0.25) is 0 Å². The van der Waals surface area contributed by atoms with E-state index >= 15 is 0 Å². The van der Waals surface area contributed by atoms with Gasteiger partial charge in [-0.2, -0.15) is 0 Å². The smallest absolute Gasteiger partial charge is 0.00628 e. The van der Waals surface area contributed by atoms with Gasteiger partial charge < -0.3 is 0 Å². The van der Waals surface area contributed by atoms with Crippen LogP contribution < -0.4 is 0 Å². The van der Waals surface area contributed by atoms with Crippen molar-refractivity contribution in [3.63, 3.8) is 0 Å². The number of aryl methyl sites for hydroxylation is 1. The Bertz CT molecular complexity index is 263. The zero-order valence-corrected chi connectivity index (χ0v) is 11.4. The van der Waals surface area contributed by atoms with Gasteiger partial charge in [-0.1, -0.05) is 60.5 Å². The lowest BCUT2D eigenvalue weighted by Gasteiger charge is -2.12. The van der Waals surface area contributed by atoms with Crippen molar-refractivity contribution >= 4 is 15.9 Å². The quantitative estimate of drug-likeness (QED) is 0.662. The third-order valence-corrected chi connectivity index (χ3v) is 3.79. The minimum atomic E-state index is 0.794. The Labute approximate surface area is 102 Å². The summed E-state index contributed by atoms with van der Waals surface area (Å²) in [6, 6.07) is 9.08. The van der Waals surface area contributed by atoms with Crippen molar-refractivity contribution in [1.29, 1.82) is 0 Å². The first-order valence-corrected chi connectivity index (χ1v) is 7.06. The first kappa shape index (κ1) is 12.8. The molecule has 1 heteroatoms. The average molecular weight is 269 g/mol. The average Bonchev–Trinajstić information content (AvgIpc) is 2.29. The van der Waals surface area contributed by atoms with Gasteiger partial charge in [0.25, 0.3) is 0 Å². The zero-order chi connectivity index (χ0) is 11.1. The lowest BCUT2D eigenvalue weighted by atomic mass is 9.96. The van der Waals surface area contributed by atoms with Crippen LogP contribution in [0.3, 0.4) is 0 Å². The van der Waals surface area contributed by atoms with Crippen LogP contribution in [0.1, 0.15) is 37.8 Å². The number of benzene rings is 1. The van der Waals surface area contributed by atoms with Crippen LogP contribution in [0, 0.1) is 5.92 Å². The van der Waals surface area contributed by atoms with Crippen LogP contribution in [0.15, 0.2) is 24.3 Å². The number of alkyl halides is 1. The van der Waals surface area contributed by atoms with Crippen molar-refractivity contribution in [3.8, 4) is 0 Å². The maximum absolute atomic E-state index is 3.60. The van der Waals surface area contributed by atoms with E-state index in [9.17, 15) is 0 Å². The molecular weight excluding hydrogens is 248 g/mol. The largest absolute Gasteiger partial charge is 0.0925 e. The van der Waals surface area contributed by atoms with Gasteiger partial charge in [-0.05, 0) is 36.3 Å². The number of hydrogen-bond acceptors (Lipinski definition) is 0. The lowest BCUT2D eigenvalue weighted by molar-refractivity contribution is 0.534. The van der Waals surface area contributed by atoms with Gasteiger partial charge >= 0.3 is 0 Å². The van der Waals surface area contributed by atoms with Gasteiger partial charge in [0.2, 0.25) is 0 Å². The second kappa shape index (κ2) is 7.05. The van der Waals surface area contributed by atoms with Crippen LogP contribution in [0.5, 0.6) is 0 Å². The molecule has 0 amide bonds. The molecule has 0 N–H and O–H groups in total. The van der Waals surface area contributed by atoms with Crippen LogP contribution in [-0.4, -0.2) is 5.33 Å². The van der Waals surface area contributed by atoms with E-state index in [0.717, 1.165) is 17.7 Å². The molecule has 1 rings (SSSR count). The van der Waals surface area contributed by atoms with Crippen molar-refractivity contribution < 1.29 is 0 Å². The summed E-state index contributed by atoms with van der Waals surface area (Å²) in [6.45, 7) is 4.46. The molecule has 1 atom stereocenters. The van der Waals surface area contributed by atoms with Gasteiger partial charge in [-0.15, -0.1) is 0 Å². The van der Waals surface area contributed by atoms with E-state index in [1.807, 2.05) is 0 Å². The maximum atomic E-state index is 3.60. The van der Waals surface area contributed by atoms with Crippen molar-refractivity contribution in [2.24, 2.45) is 5.92 Å². The van der Waals surface area contributed by atoms with Crippen LogP contribution in [0.2, 0.25) is 0 Å². The molecule has 0 aromatic heterocycles. The highest BCUT2D eigenvalue weighted by Gasteiger charge is 2.06. The normalized spacial score (nSPS) is 12.7. The molecule has 0 radical (unpaired) electrons. The monoisotopic (exact) mass is 268 g/mol. The summed E-state index contributed by atoms with van der Waals surface area (Å²) in [4.78, 5) is 0. The van der Waals surface area contributed by atoms with Crippen molar-refractivity contribution in [1.82, 2.24) is 0 Å². The van der Waals surface area contributed by atoms with E-state index in [4.69, 9.17) is 0 Å². The first-order chi connectivity index (χ1) is 7.30. The number of rotatable bonds is 6. The summed E-state index contributed by atoms with van der Waals surface area (Å²) in [6.07, 6.45) is 4.95. The summed E-state index contributed by atoms with van der Waals surface area (Å²) in [5.74, 6) is 0.794. The molecule has 0 saturated heterocycles. The summed E-state index contributed by atoms with van der Waals surface area (Å²) in [5, 5.41) is 1.12. The Morgan fingerprint density at radius 2 is 1.67 bits per heavy atom. The van der Waals surface area contributed by atoms with Crippen LogP contribution in [-0.2, 0) is 12.8 Å². The minimum absolute atomic E-state index is 0.794. The van der Waals surface area contributed by atoms with E-state index in [2.05, 4.69) is 54.0 Å². The molecule has 0 aliphatic carbocycles. The highest BCUT2D eigenvalue weighted by Crippen LogP contribution is 2.17. The fourth-order valence-electron chi connectivity index (χ4n) is 1.89. The second-order valence-electron chi connectivity index (χ2n) is 4.18. The highest BCUT2D eigenvalue weighted by atomic mass is 79.9. The van der Waals surface area contributed by atoms with Crippen LogP contribution in [0.4, 0.5) is 0 Å². The van der Waals surface area contributed by atoms with E-state index in [0.29, 0.717) is 0 Å². The lowest BCUT2D eigenvalue weighted by Crippen LogP contribution is -2.05.